The summed E-state index contributed by atoms with van der Waals surface area (Å²) in [6.45, 7) is 6.70. The third kappa shape index (κ3) is 5.06. The molecule has 1 aliphatic rings. The summed E-state index contributed by atoms with van der Waals surface area (Å²) in [6, 6.07) is 1.19. The molecule has 0 aromatic heterocycles. The summed E-state index contributed by atoms with van der Waals surface area (Å²) in [5, 5.41) is 0. The molecule has 0 saturated carbocycles. The number of benzene rings is 1. The Morgan fingerprint density at radius 3 is 1.72 bits per heavy atom. The van der Waals surface area contributed by atoms with Crippen LogP contribution in [0.5, 0.6) is 0 Å². The summed E-state index contributed by atoms with van der Waals surface area (Å²) in [5.41, 5.74) is -5.14. The van der Waals surface area contributed by atoms with Crippen LogP contribution in [0.15, 0.2) is 18.2 Å². The molecule has 162 valence electrons. The van der Waals surface area contributed by atoms with Crippen LogP contribution in [0.2, 0.25) is 0 Å². The third-order valence-corrected chi connectivity index (χ3v) is 5.25. The number of carbonyl (C=O) groups is 1. The zero-order valence-corrected chi connectivity index (χ0v) is 16.5. The van der Waals surface area contributed by atoms with Crippen molar-refractivity contribution in [3.05, 3.63) is 34.9 Å². The lowest BCUT2D eigenvalue weighted by Crippen LogP contribution is -2.41. The van der Waals surface area contributed by atoms with Gasteiger partial charge in [0.05, 0.1) is 35.9 Å². The molecule has 0 radical (unpaired) electrons. The average molecular weight is 426 g/mol. The van der Waals surface area contributed by atoms with Gasteiger partial charge in [-0.1, -0.05) is 0 Å². The van der Waals surface area contributed by atoms with E-state index in [1.165, 1.54) is 0 Å². The third-order valence-electron chi connectivity index (χ3n) is 5.25. The molecule has 1 aliphatic heterocycles. The summed E-state index contributed by atoms with van der Waals surface area (Å²) < 4.78 is 95.5. The highest BCUT2D eigenvalue weighted by molar-refractivity contribution is 6.48. The fourth-order valence-electron chi connectivity index (χ4n) is 2.88. The summed E-state index contributed by atoms with van der Waals surface area (Å²) in [6.07, 6.45) is -10.5. The molecule has 1 saturated heterocycles. The maximum absolute atomic E-state index is 13.2. The van der Waals surface area contributed by atoms with Gasteiger partial charge in [-0.3, -0.25) is 4.79 Å². The molecule has 0 N–H and O–H groups in total. The number of hydrogen-bond acceptors (Lipinski definition) is 4. The molecule has 1 fully saturated rings. The maximum Gasteiger partial charge on any atom is 0.466 e. The number of hydrogen-bond donors (Lipinski definition) is 0. The maximum atomic E-state index is 13.2. The van der Waals surface area contributed by atoms with Crippen molar-refractivity contribution in [3.63, 3.8) is 0 Å². The normalized spacial score (nSPS) is 19.9. The molecule has 4 nitrogen and oxygen atoms in total. The van der Waals surface area contributed by atoms with Crippen molar-refractivity contribution in [2.24, 2.45) is 0 Å². The standard InChI is InChI=1S/C18H21BF6O4/c1-15(2)16(3,4)29-19(28-15)13(9-14(26)27-5)10-6-11(17(20,21)22)8-12(7-10)18(23,24)25/h6-8,13H,9H2,1-5H3. The molecule has 1 aromatic rings. The first-order chi connectivity index (χ1) is 13.0. The minimum atomic E-state index is -5.01. The van der Waals surface area contributed by atoms with Crippen LogP contribution in [0.3, 0.4) is 0 Å². The Balaban J connectivity index is 2.60. The topological polar surface area (TPSA) is 44.8 Å². The van der Waals surface area contributed by atoms with Gasteiger partial charge in [-0.25, -0.2) is 0 Å². The van der Waals surface area contributed by atoms with Gasteiger partial charge in [0.1, 0.15) is 0 Å². The zero-order valence-electron chi connectivity index (χ0n) is 16.5. The minimum Gasteiger partial charge on any atom is -0.469 e. The smallest absolute Gasteiger partial charge is 0.466 e. The monoisotopic (exact) mass is 426 g/mol. The van der Waals surface area contributed by atoms with E-state index in [9.17, 15) is 31.1 Å². The van der Waals surface area contributed by atoms with Crippen molar-refractivity contribution in [1.29, 1.82) is 0 Å². The van der Waals surface area contributed by atoms with Crippen molar-refractivity contribution in [3.8, 4) is 0 Å². The van der Waals surface area contributed by atoms with Gasteiger partial charge < -0.3 is 14.0 Å². The van der Waals surface area contributed by atoms with Crippen LogP contribution < -0.4 is 0 Å². The second-order valence-corrected chi connectivity index (χ2v) is 7.85. The molecule has 1 atom stereocenters. The van der Waals surface area contributed by atoms with Gasteiger partial charge in [0.15, 0.2) is 0 Å². The largest absolute Gasteiger partial charge is 0.469 e. The van der Waals surface area contributed by atoms with Gasteiger partial charge in [0.25, 0.3) is 0 Å². The number of carbonyl (C=O) groups excluding carboxylic acids is 1. The van der Waals surface area contributed by atoms with Gasteiger partial charge in [0, 0.05) is 5.82 Å². The second kappa shape index (κ2) is 7.50. The van der Waals surface area contributed by atoms with Gasteiger partial charge in [-0.05, 0) is 51.5 Å². The predicted octanol–water partition coefficient (Wildman–Crippen LogP) is 5.00. The minimum absolute atomic E-state index is 0.0307. The number of halogens is 6. The van der Waals surface area contributed by atoms with E-state index in [0.717, 1.165) is 7.11 Å². The Hall–Kier alpha value is -1.75. The zero-order chi connectivity index (χ0) is 22.4. The summed E-state index contributed by atoms with van der Waals surface area (Å²) in [5.74, 6) is -2.07. The van der Waals surface area contributed by atoms with Crippen molar-refractivity contribution < 1.29 is 45.2 Å². The first kappa shape index (κ1) is 23.5. The molecular formula is C18H21BF6O4. The van der Waals surface area contributed by atoms with E-state index in [1.807, 2.05) is 0 Å². The van der Waals surface area contributed by atoms with Crippen molar-refractivity contribution in [2.45, 2.75) is 63.5 Å². The van der Waals surface area contributed by atoms with Crippen LogP contribution in [0.4, 0.5) is 26.3 Å². The van der Waals surface area contributed by atoms with Gasteiger partial charge in [-0.2, -0.15) is 26.3 Å². The molecular weight excluding hydrogens is 405 g/mol. The number of alkyl halides is 6. The van der Waals surface area contributed by atoms with E-state index in [0.29, 0.717) is 12.1 Å². The molecule has 0 spiro atoms. The quantitative estimate of drug-likeness (QED) is 0.386. The van der Waals surface area contributed by atoms with Crippen molar-refractivity contribution in [2.75, 3.05) is 7.11 Å². The molecule has 0 aliphatic carbocycles. The van der Waals surface area contributed by atoms with Crippen LogP contribution >= 0.6 is 0 Å². The van der Waals surface area contributed by atoms with Gasteiger partial charge >= 0.3 is 25.4 Å². The van der Waals surface area contributed by atoms with E-state index in [1.54, 1.807) is 27.7 Å². The highest BCUT2D eigenvalue weighted by atomic mass is 19.4. The Kier molecular flexibility index (Phi) is 6.09. The fraction of sp³-hybridized carbons (Fsp3) is 0.611. The predicted molar refractivity (Wildman–Crippen MR) is 91.9 cm³/mol. The Labute approximate surface area is 164 Å². The van der Waals surface area contributed by atoms with Crippen LogP contribution in [-0.4, -0.2) is 31.4 Å². The highest BCUT2D eigenvalue weighted by Gasteiger charge is 2.54. The van der Waals surface area contributed by atoms with E-state index in [2.05, 4.69) is 4.74 Å². The summed E-state index contributed by atoms with van der Waals surface area (Å²) in [4.78, 5) is 11.9. The van der Waals surface area contributed by atoms with E-state index in [-0.39, 0.29) is 11.6 Å². The lowest BCUT2D eigenvalue weighted by molar-refractivity contribution is -0.143. The molecule has 11 heteroatoms. The van der Waals surface area contributed by atoms with Crippen LogP contribution in [0, 0.1) is 0 Å². The fourth-order valence-corrected chi connectivity index (χ4v) is 2.88. The average Bonchev–Trinajstić information content (AvgIpc) is 2.77. The molecule has 1 heterocycles. The second-order valence-electron chi connectivity index (χ2n) is 7.85. The van der Waals surface area contributed by atoms with Crippen LogP contribution in [0.1, 0.15) is 56.6 Å². The SMILES string of the molecule is COC(=O)CC(B1OC(C)(C)C(C)(C)O1)c1cc(C(F)(F)F)cc(C(F)(F)F)c1. The lowest BCUT2D eigenvalue weighted by Gasteiger charge is -2.32. The van der Waals surface area contributed by atoms with Crippen LogP contribution in [-0.2, 0) is 31.2 Å². The molecule has 2 rings (SSSR count). The van der Waals surface area contributed by atoms with E-state index >= 15 is 0 Å². The lowest BCUT2D eigenvalue weighted by atomic mass is 9.65. The van der Waals surface area contributed by atoms with Crippen LogP contribution in [0.25, 0.3) is 0 Å². The molecule has 1 aromatic carbocycles. The highest BCUT2D eigenvalue weighted by Crippen LogP contribution is 2.44. The number of ether oxygens (including phenoxy) is 1. The van der Waals surface area contributed by atoms with Crippen molar-refractivity contribution >= 4 is 13.1 Å². The molecule has 1 unspecified atom stereocenters. The van der Waals surface area contributed by atoms with Gasteiger partial charge in [-0.15, -0.1) is 0 Å². The van der Waals surface area contributed by atoms with Crippen molar-refractivity contribution in [1.82, 2.24) is 0 Å². The molecule has 0 bridgehead atoms. The van der Waals surface area contributed by atoms with Gasteiger partial charge in [0.2, 0.25) is 0 Å². The number of methoxy groups -OCH3 is 1. The van der Waals surface area contributed by atoms with E-state index < -0.39 is 60.0 Å². The summed E-state index contributed by atoms with van der Waals surface area (Å²) >= 11 is 0. The number of esters is 1. The first-order valence-electron chi connectivity index (χ1n) is 8.70. The molecule has 0 amide bonds. The molecule has 29 heavy (non-hydrogen) atoms. The van der Waals surface area contributed by atoms with E-state index in [4.69, 9.17) is 9.31 Å². The number of rotatable bonds is 4. The Morgan fingerprint density at radius 1 is 0.966 bits per heavy atom. The summed E-state index contributed by atoms with van der Waals surface area (Å²) in [7, 11) is -0.180. The first-order valence-corrected chi connectivity index (χ1v) is 8.70. The Morgan fingerprint density at radius 2 is 1.38 bits per heavy atom. The Bertz CT molecular complexity index is 724.